The molecule has 0 radical (unpaired) electrons. The number of carbonyl (C=O) groups is 2. The third kappa shape index (κ3) is 4.49. The Morgan fingerprint density at radius 1 is 1.07 bits per heavy atom. The minimum atomic E-state index is -4.72. The molecule has 0 unspecified atom stereocenters. The lowest BCUT2D eigenvalue weighted by atomic mass is 10.1. The van der Waals surface area contributed by atoms with Crippen molar-refractivity contribution < 1.29 is 22.8 Å². The Balaban J connectivity index is 1.92. The molecule has 0 aliphatic carbocycles. The van der Waals surface area contributed by atoms with Crippen LogP contribution in [0.15, 0.2) is 41.3 Å². The van der Waals surface area contributed by atoms with E-state index in [1.54, 1.807) is 4.90 Å². The molecule has 2 aromatic rings. The van der Waals surface area contributed by atoms with Crippen LogP contribution in [0.5, 0.6) is 0 Å². The van der Waals surface area contributed by atoms with Gasteiger partial charge in [0.15, 0.2) is 0 Å². The molecular formula is C20H20F3N3O3. The number of hydrogen-bond acceptors (Lipinski definition) is 3. The van der Waals surface area contributed by atoms with Crippen molar-refractivity contribution in [3.8, 4) is 0 Å². The normalized spacial score (nSPS) is 14.6. The molecule has 2 amide bonds. The number of pyridine rings is 1. The van der Waals surface area contributed by atoms with Gasteiger partial charge in [-0.05, 0) is 37.5 Å². The second-order valence-electron chi connectivity index (χ2n) is 6.91. The number of piperidine rings is 1. The van der Waals surface area contributed by atoms with Crippen molar-refractivity contribution in [2.45, 2.75) is 25.4 Å². The topological polar surface area (TPSA) is 71.4 Å². The summed E-state index contributed by atoms with van der Waals surface area (Å²) < 4.78 is 40.6. The van der Waals surface area contributed by atoms with Gasteiger partial charge < -0.3 is 14.8 Å². The van der Waals surface area contributed by atoms with E-state index >= 15 is 0 Å². The van der Waals surface area contributed by atoms with Crippen LogP contribution >= 0.6 is 0 Å². The molecular weight excluding hydrogens is 387 g/mol. The molecule has 0 saturated carbocycles. The maximum Gasteiger partial charge on any atom is 0.417 e. The number of hydrogen-bond donors (Lipinski definition) is 1. The third-order valence-electron chi connectivity index (χ3n) is 4.80. The molecule has 9 heteroatoms. The quantitative estimate of drug-likeness (QED) is 0.849. The summed E-state index contributed by atoms with van der Waals surface area (Å²) >= 11 is 0. The number of halogens is 3. The molecule has 0 bridgehead atoms. The van der Waals surface area contributed by atoms with Crippen LogP contribution in [0.3, 0.4) is 0 Å². The summed E-state index contributed by atoms with van der Waals surface area (Å²) in [5.74, 6) is -1.36. The minimum Gasteiger partial charge on any atom is -0.339 e. The highest BCUT2D eigenvalue weighted by Gasteiger charge is 2.35. The van der Waals surface area contributed by atoms with Gasteiger partial charge in [0, 0.05) is 26.3 Å². The Hall–Kier alpha value is -3.10. The van der Waals surface area contributed by atoms with E-state index in [9.17, 15) is 27.6 Å². The molecule has 1 aromatic heterocycles. The SMILES string of the molecule is Cn1cc(C(=O)N2CCCCC2)cc(NC(=O)c2ccccc2C(F)(F)F)c1=O. The molecule has 1 fully saturated rings. The number of rotatable bonds is 3. The zero-order valence-corrected chi connectivity index (χ0v) is 15.8. The number of anilines is 1. The highest BCUT2D eigenvalue weighted by atomic mass is 19.4. The molecule has 1 aliphatic heterocycles. The number of likely N-dealkylation sites (tertiary alicyclic amines) is 1. The lowest BCUT2D eigenvalue weighted by Gasteiger charge is -2.27. The number of amides is 2. The van der Waals surface area contributed by atoms with Gasteiger partial charge in [-0.2, -0.15) is 13.2 Å². The van der Waals surface area contributed by atoms with E-state index in [1.807, 2.05) is 0 Å². The van der Waals surface area contributed by atoms with Crippen LogP contribution in [0.4, 0.5) is 18.9 Å². The van der Waals surface area contributed by atoms with Crippen LogP contribution in [-0.4, -0.2) is 34.4 Å². The third-order valence-corrected chi connectivity index (χ3v) is 4.80. The predicted octanol–water partition coefficient (Wildman–Crippen LogP) is 3.28. The summed E-state index contributed by atoms with van der Waals surface area (Å²) in [6, 6.07) is 5.52. The summed E-state index contributed by atoms with van der Waals surface area (Å²) in [5, 5.41) is 2.24. The van der Waals surface area contributed by atoms with E-state index < -0.39 is 28.8 Å². The fourth-order valence-corrected chi connectivity index (χ4v) is 3.32. The Kier molecular flexibility index (Phi) is 5.76. The number of benzene rings is 1. The van der Waals surface area contributed by atoms with Crippen molar-refractivity contribution >= 4 is 17.5 Å². The van der Waals surface area contributed by atoms with Gasteiger partial charge in [-0.1, -0.05) is 12.1 Å². The Morgan fingerprint density at radius 3 is 2.38 bits per heavy atom. The largest absolute Gasteiger partial charge is 0.417 e. The first kappa shape index (κ1) is 20.6. The lowest BCUT2D eigenvalue weighted by Crippen LogP contribution is -2.36. The van der Waals surface area contributed by atoms with Crippen molar-refractivity contribution in [3.63, 3.8) is 0 Å². The van der Waals surface area contributed by atoms with E-state index in [2.05, 4.69) is 5.32 Å². The van der Waals surface area contributed by atoms with Crippen molar-refractivity contribution in [2.75, 3.05) is 18.4 Å². The Bertz CT molecular complexity index is 992. The van der Waals surface area contributed by atoms with E-state index in [-0.39, 0.29) is 17.2 Å². The smallest absolute Gasteiger partial charge is 0.339 e. The lowest BCUT2D eigenvalue weighted by molar-refractivity contribution is -0.137. The fraction of sp³-hybridized carbons (Fsp3) is 0.350. The molecule has 0 atom stereocenters. The van der Waals surface area contributed by atoms with Crippen molar-refractivity contribution in [1.82, 2.24) is 9.47 Å². The Morgan fingerprint density at radius 2 is 1.72 bits per heavy atom. The molecule has 1 aromatic carbocycles. The van der Waals surface area contributed by atoms with Gasteiger partial charge in [0.2, 0.25) is 0 Å². The molecule has 1 N–H and O–H groups in total. The first-order chi connectivity index (χ1) is 13.7. The maximum atomic E-state index is 13.2. The van der Waals surface area contributed by atoms with Crippen LogP contribution < -0.4 is 10.9 Å². The Labute approximate surface area is 164 Å². The van der Waals surface area contributed by atoms with Crippen LogP contribution in [-0.2, 0) is 13.2 Å². The van der Waals surface area contributed by atoms with Crippen LogP contribution in [0.2, 0.25) is 0 Å². The number of aromatic nitrogens is 1. The van der Waals surface area contributed by atoms with Gasteiger partial charge in [0.1, 0.15) is 5.69 Å². The maximum absolute atomic E-state index is 13.2. The number of aryl methyl sites for hydroxylation is 1. The zero-order chi connectivity index (χ0) is 21.2. The summed E-state index contributed by atoms with van der Waals surface area (Å²) in [5.41, 5.74) is -2.39. The number of carbonyl (C=O) groups excluding carboxylic acids is 2. The first-order valence-corrected chi connectivity index (χ1v) is 9.16. The van der Waals surface area contributed by atoms with Crippen LogP contribution in [0.1, 0.15) is 45.5 Å². The summed E-state index contributed by atoms with van der Waals surface area (Å²) in [6.07, 6.45) is -0.550. The molecule has 1 aliphatic rings. The molecule has 154 valence electrons. The van der Waals surface area contributed by atoms with Crippen molar-refractivity contribution in [2.24, 2.45) is 7.05 Å². The minimum absolute atomic E-state index is 0.188. The second-order valence-corrected chi connectivity index (χ2v) is 6.91. The van der Waals surface area contributed by atoms with Gasteiger partial charge in [-0.15, -0.1) is 0 Å². The summed E-state index contributed by atoms with van der Waals surface area (Å²) in [4.78, 5) is 39.2. The fourth-order valence-electron chi connectivity index (χ4n) is 3.32. The molecule has 2 heterocycles. The molecule has 0 spiro atoms. The molecule has 6 nitrogen and oxygen atoms in total. The second kappa shape index (κ2) is 8.10. The van der Waals surface area contributed by atoms with Crippen molar-refractivity contribution in [3.05, 3.63) is 63.6 Å². The van der Waals surface area contributed by atoms with Crippen LogP contribution in [0, 0.1) is 0 Å². The molecule has 29 heavy (non-hydrogen) atoms. The van der Waals surface area contributed by atoms with E-state index in [0.29, 0.717) is 13.1 Å². The van der Waals surface area contributed by atoms with Crippen LogP contribution in [0.25, 0.3) is 0 Å². The summed E-state index contributed by atoms with van der Waals surface area (Å²) in [6.45, 7) is 1.20. The van der Waals surface area contributed by atoms with E-state index in [4.69, 9.17) is 0 Å². The number of nitrogens with one attached hydrogen (secondary N) is 1. The van der Waals surface area contributed by atoms with Gasteiger partial charge in [0.05, 0.1) is 16.7 Å². The average Bonchev–Trinajstić information content (AvgIpc) is 2.70. The van der Waals surface area contributed by atoms with E-state index in [0.717, 1.165) is 36.0 Å². The van der Waals surface area contributed by atoms with Gasteiger partial charge in [0.25, 0.3) is 17.4 Å². The first-order valence-electron chi connectivity index (χ1n) is 9.16. The molecule has 1 saturated heterocycles. The highest BCUT2D eigenvalue weighted by Crippen LogP contribution is 2.32. The summed E-state index contributed by atoms with van der Waals surface area (Å²) in [7, 11) is 1.41. The van der Waals surface area contributed by atoms with Gasteiger partial charge >= 0.3 is 6.18 Å². The number of alkyl halides is 3. The zero-order valence-electron chi connectivity index (χ0n) is 15.8. The van der Waals surface area contributed by atoms with Gasteiger partial charge in [-0.3, -0.25) is 14.4 Å². The van der Waals surface area contributed by atoms with Crippen molar-refractivity contribution in [1.29, 1.82) is 0 Å². The van der Waals surface area contributed by atoms with E-state index in [1.165, 1.54) is 31.4 Å². The monoisotopic (exact) mass is 407 g/mol. The standard InChI is InChI=1S/C20H20F3N3O3/c1-25-12-13(18(28)26-9-5-2-6-10-26)11-16(19(25)29)24-17(27)14-7-3-4-8-15(14)20(21,22)23/h3-4,7-8,11-12H,2,5-6,9-10H2,1H3,(H,24,27). The molecule has 3 rings (SSSR count). The highest BCUT2D eigenvalue weighted by molar-refractivity contribution is 6.06. The average molecular weight is 407 g/mol. The predicted molar refractivity (Wildman–Crippen MR) is 101 cm³/mol. The number of nitrogens with zero attached hydrogens (tertiary/aromatic N) is 2. The van der Waals surface area contributed by atoms with Gasteiger partial charge in [-0.25, -0.2) is 0 Å².